The Kier molecular flexibility index (Phi) is 8.67. The lowest BCUT2D eigenvalue weighted by atomic mass is 10.2. The number of ether oxygens (including phenoxy) is 3. The zero-order valence-corrected chi connectivity index (χ0v) is 22.3. The molecule has 0 atom stereocenters. The van der Waals surface area contributed by atoms with Crippen LogP contribution >= 0.6 is 11.6 Å². The van der Waals surface area contributed by atoms with Gasteiger partial charge in [-0.05, 0) is 36.2 Å². The second-order valence-electron chi connectivity index (χ2n) is 8.48. The van der Waals surface area contributed by atoms with E-state index in [0.717, 1.165) is 11.3 Å². The molecule has 0 unspecified atom stereocenters. The Morgan fingerprint density at radius 2 is 1.87 bits per heavy atom. The first kappa shape index (κ1) is 27.5. The highest BCUT2D eigenvalue weighted by Crippen LogP contribution is 2.31. The number of hydrogen-bond donors (Lipinski definition) is 1. The van der Waals surface area contributed by atoms with Gasteiger partial charge in [0.25, 0.3) is 5.91 Å². The molecule has 0 fully saturated rings. The van der Waals surface area contributed by atoms with Crippen LogP contribution in [0.3, 0.4) is 0 Å². The van der Waals surface area contributed by atoms with Crippen molar-refractivity contribution in [1.82, 2.24) is 19.9 Å². The van der Waals surface area contributed by atoms with E-state index >= 15 is 0 Å². The number of nitro groups is 1. The molecular formula is C26H27ClN6O6. The van der Waals surface area contributed by atoms with Crippen LogP contribution in [0.4, 0.5) is 11.4 Å². The van der Waals surface area contributed by atoms with Gasteiger partial charge in [-0.15, -0.1) is 0 Å². The normalized spacial score (nSPS) is 10.8. The molecule has 39 heavy (non-hydrogen) atoms. The Morgan fingerprint density at radius 3 is 2.56 bits per heavy atom. The highest BCUT2D eigenvalue weighted by molar-refractivity contribution is 6.29. The zero-order chi connectivity index (χ0) is 27.9. The average molecular weight is 555 g/mol. The van der Waals surface area contributed by atoms with Gasteiger partial charge in [0.1, 0.15) is 11.5 Å². The van der Waals surface area contributed by atoms with Crippen LogP contribution in [-0.2, 0) is 6.54 Å². The van der Waals surface area contributed by atoms with Crippen LogP contribution < -0.4 is 24.4 Å². The average Bonchev–Trinajstić information content (AvgIpc) is 3.36. The van der Waals surface area contributed by atoms with Gasteiger partial charge in [-0.25, -0.2) is 9.50 Å². The van der Waals surface area contributed by atoms with E-state index in [4.69, 9.17) is 25.8 Å². The lowest BCUT2D eigenvalue weighted by molar-refractivity contribution is -0.385. The van der Waals surface area contributed by atoms with E-state index in [2.05, 4.69) is 15.4 Å². The number of imidazole rings is 1. The minimum absolute atomic E-state index is 0.149. The van der Waals surface area contributed by atoms with E-state index in [9.17, 15) is 14.9 Å². The number of halogens is 1. The maximum absolute atomic E-state index is 12.9. The molecule has 0 radical (unpaired) electrons. The number of amides is 1. The SMILES string of the molecule is COc1ccc(CN(C)c2cc(Cl)nn3c(C(=O)NCCCOc4ccc(OC)c([N+](=O)[O-])c4)cnc23)cc1. The summed E-state index contributed by atoms with van der Waals surface area (Å²) in [5.41, 5.74) is 2.31. The van der Waals surface area contributed by atoms with Crippen LogP contribution in [0.25, 0.3) is 5.65 Å². The van der Waals surface area contributed by atoms with Crippen molar-refractivity contribution >= 4 is 34.5 Å². The fourth-order valence-corrected chi connectivity index (χ4v) is 4.08. The number of methoxy groups -OCH3 is 2. The van der Waals surface area contributed by atoms with E-state index in [0.29, 0.717) is 36.6 Å². The summed E-state index contributed by atoms with van der Waals surface area (Å²) in [4.78, 5) is 29.9. The predicted octanol–water partition coefficient (Wildman–Crippen LogP) is 4.14. The van der Waals surface area contributed by atoms with E-state index in [1.165, 1.54) is 30.0 Å². The molecule has 0 bridgehead atoms. The number of nitrogens with one attached hydrogen (secondary N) is 1. The molecule has 204 valence electrons. The van der Waals surface area contributed by atoms with E-state index in [1.807, 2.05) is 36.2 Å². The Morgan fingerprint density at radius 1 is 1.13 bits per heavy atom. The van der Waals surface area contributed by atoms with E-state index in [1.54, 1.807) is 19.2 Å². The van der Waals surface area contributed by atoms with Crippen LogP contribution in [0.2, 0.25) is 5.15 Å². The summed E-state index contributed by atoms with van der Waals surface area (Å²) in [5, 5.41) is 18.5. The number of fused-ring (bicyclic) bond motifs is 1. The summed E-state index contributed by atoms with van der Waals surface area (Å²) < 4.78 is 17.2. The second-order valence-corrected chi connectivity index (χ2v) is 8.87. The van der Waals surface area contributed by atoms with Crippen LogP contribution in [-0.4, -0.2) is 59.8 Å². The number of benzene rings is 2. The molecule has 12 nitrogen and oxygen atoms in total. The van der Waals surface area contributed by atoms with Crippen molar-refractivity contribution < 1.29 is 23.9 Å². The molecule has 1 N–H and O–H groups in total. The van der Waals surface area contributed by atoms with Crippen molar-refractivity contribution in [2.75, 3.05) is 39.3 Å². The van der Waals surface area contributed by atoms with E-state index in [-0.39, 0.29) is 34.8 Å². The number of aromatic nitrogens is 3. The molecule has 0 aliphatic heterocycles. The number of hydrogen-bond acceptors (Lipinski definition) is 9. The molecule has 0 aliphatic rings. The van der Waals surface area contributed by atoms with Gasteiger partial charge in [0.2, 0.25) is 0 Å². The van der Waals surface area contributed by atoms with Gasteiger partial charge < -0.3 is 24.4 Å². The minimum Gasteiger partial charge on any atom is -0.497 e. The molecule has 0 saturated heterocycles. The van der Waals surface area contributed by atoms with Crippen molar-refractivity contribution in [3.8, 4) is 17.2 Å². The fourth-order valence-electron chi connectivity index (χ4n) is 3.91. The van der Waals surface area contributed by atoms with Crippen LogP contribution in [0.15, 0.2) is 54.7 Å². The molecule has 2 heterocycles. The predicted molar refractivity (Wildman–Crippen MR) is 145 cm³/mol. The van der Waals surface area contributed by atoms with Gasteiger partial charge in [-0.1, -0.05) is 23.7 Å². The van der Waals surface area contributed by atoms with Gasteiger partial charge >= 0.3 is 5.69 Å². The molecule has 13 heteroatoms. The molecule has 0 spiro atoms. The van der Waals surface area contributed by atoms with E-state index < -0.39 is 4.92 Å². The summed E-state index contributed by atoms with van der Waals surface area (Å²) in [6.45, 7) is 1.11. The molecule has 4 rings (SSSR count). The maximum atomic E-state index is 12.9. The highest BCUT2D eigenvalue weighted by atomic mass is 35.5. The molecule has 2 aromatic carbocycles. The van der Waals surface area contributed by atoms with Crippen LogP contribution in [0.5, 0.6) is 17.2 Å². The third kappa shape index (κ3) is 6.47. The smallest absolute Gasteiger partial charge is 0.314 e. The Balaban J connectivity index is 1.37. The quantitative estimate of drug-likeness (QED) is 0.156. The number of carbonyl (C=O) groups excluding carboxylic acids is 1. The number of carbonyl (C=O) groups is 1. The molecular weight excluding hydrogens is 528 g/mol. The van der Waals surface area contributed by atoms with Crippen molar-refractivity contribution in [2.45, 2.75) is 13.0 Å². The summed E-state index contributed by atoms with van der Waals surface area (Å²) in [6.07, 6.45) is 1.91. The van der Waals surface area contributed by atoms with Crippen LogP contribution in [0, 0.1) is 10.1 Å². The van der Waals surface area contributed by atoms with Gasteiger partial charge in [0.05, 0.1) is 43.7 Å². The maximum Gasteiger partial charge on any atom is 0.314 e. The van der Waals surface area contributed by atoms with Crippen molar-refractivity contribution in [2.24, 2.45) is 0 Å². The largest absolute Gasteiger partial charge is 0.497 e. The number of rotatable bonds is 12. The Labute approximate surface area is 229 Å². The van der Waals surface area contributed by atoms with Gasteiger partial charge in [0, 0.05) is 26.2 Å². The van der Waals surface area contributed by atoms with Crippen molar-refractivity contribution in [3.05, 3.63) is 81.3 Å². The highest BCUT2D eigenvalue weighted by Gasteiger charge is 2.19. The third-order valence-electron chi connectivity index (χ3n) is 5.86. The summed E-state index contributed by atoms with van der Waals surface area (Å²) >= 11 is 6.30. The first-order valence-electron chi connectivity index (χ1n) is 11.9. The van der Waals surface area contributed by atoms with Gasteiger partial charge in [-0.3, -0.25) is 14.9 Å². The summed E-state index contributed by atoms with van der Waals surface area (Å²) in [7, 11) is 4.89. The first-order chi connectivity index (χ1) is 18.8. The summed E-state index contributed by atoms with van der Waals surface area (Å²) in [5.74, 6) is 0.884. The van der Waals surface area contributed by atoms with Crippen molar-refractivity contribution in [3.63, 3.8) is 0 Å². The van der Waals surface area contributed by atoms with Gasteiger partial charge in [-0.2, -0.15) is 5.10 Å². The Hall–Kier alpha value is -4.58. The first-order valence-corrected chi connectivity index (χ1v) is 12.3. The third-order valence-corrected chi connectivity index (χ3v) is 6.05. The zero-order valence-electron chi connectivity index (χ0n) is 21.6. The monoisotopic (exact) mass is 554 g/mol. The lowest BCUT2D eigenvalue weighted by Crippen LogP contribution is -2.27. The molecule has 0 aliphatic carbocycles. The van der Waals surface area contributed by atoms with Crippen LogP contribution in [0.1, 0.15) is 22.5 Å². The minimum atomic E-state index is -0.537. The topological polar surface area (TPSA) is 133 Å². The van der Waals surface area contributed by atoms with Gasteiger partial charge in [0.15, 0.2) is 22.2 Å². The second kappa shape index (κ2) is 12.3. The molecule has 1 amide bonds. The lowest BCUT2D eigenvalue weighted by Gasteiger charge is -2.20. The standard InChI is InChI=1S/C26H27ClN6O6/c1-31(16-17-5-7-18(37-2)8-6-17)21-14-24(27)30-32-22(15-29-25(21)32)26(34)28-11-4-12-39-19-9-10-23(38-3)20(13-19)33(35)36/h5-10,13-15H,4,11-12,16H2,1-3H3,(H,28,34). The molecule has 2 aromatic heterocycles. The van der Waals surface area contributed by atoms with Crippen molar-refractivity contribution in [1.29, 1.82) is 0 Å². The summed E-state index contributed by atoms with van der Waals surface area (Å²) in [6, 6.07) is 13.8. The molecule has 4 aromatic rings. The number of anilines is 1. The number of nitrogens with zero attached hydrogens (tertiary/aromatic N) is 5. The fraction of sp³-hybridized carbons (Fsp3) is 0.269. The number of nitro benzene ring substituents is 1. The Bertz CT molecular complexity index is 1480. The molecule has 0 saturated carbocycles.